The summed E-state index contributed by atoms with van der Waals surface area (Å²) in [7, 11) is 3.99. The molecule has 1 aliphatic rings. The van der Waals surface area contributed by atoms with Crippen molar-refractivity contribution in [2.24, 2.45) is 4.99 Å². The molecule has 156 valence electrons. The molecule has 0 radical (unpaired) electrons. The van der Waals surface area contributed by atoms with Crippen molar-refractivity contribution in [3.63, 3.8) is 0 Å². The predicted octanol–water partition coefficient (Wildman–Crippen LogP) is 2.61. The first-order chi connectivity index (χ1) is 14.1. The number of guanidine groups is 1. The molecule has 1 fully saturated rings. The molecule has 2 heterocycles. The van der Waals surface area contributed by atoms with Crippen LogP contribution in [0, 0.1) is 6.92 Å². The van der Waals surface area contributed by atoms with Gasteiger partial charge in [0.15, 0.2) is 5.96 Å². The third kappa shape index (κ3) is 5.94. The van der Waals surface area contributed by atoms with Gasteiger partial charge in [-0.3, -0.25) is 4.99 Å². The van der Waals surface area contributed by atoms with E-state index in [2.05, 4.69) is 81.6 Å². The Morgan fingerprint density at radius 1 is 1.10 bits per heavy atom. The van der Waals surface area contributed by atoms with Gasteiger partial charge < -0.3 is 20.4 Å². The first-order valence-electron chi connectivity index (χ1n) is 10.5. The second kappa shape index (κ2) is 10.3. The first kappa shape index (κ1) is 21.1. The maximum absolute atomic E-state index is 4.66. The number of pyridine rings is 1. The number of piperazine rings is 1. The lowest BCUT2D eigenvalue weighted by Gasteiger charge is -2.34. The Labute approximate surface area is 175 Å². The number of hydrogen-bond donors (Lipinski definition) is 2. The van der Waals surface area contributed by atoms with Crippen LogP contribution in [0.2, 0.25) is 0 Å². The van der Waals surface area contributed by atoms with Crippen LogP contribution < -0.4 is 15.5 Å². The third-order valence-corrected chi connectivity index (χ3v) is 5.56. The molecule has 0 saturated carbocycles. The summed E-state index contributed by atoms with van der Waals surface area (Å²) < 4.78 is 0. The molecular formula is C23H34N6. The molecule has 1 aliphatic heterocycles. The molecule has 0 bridgehead atoms. The zero-order valence-electron chi connectivity index (χ0n) is 18.2. The largest absolute Gasteiger partial charge is 0.356 e. The van der Waals surface area contributed by atoms with E-state index in [1.165, 1.54) is 16.7 Å². The molecule has 0 amide bonds. The number of nitrogens with one attached hydrogen (secondary N) is 2. The fraction of sp³-hybridized carbons (Fsp3) is 0.478. The van der Waals surface area contributed by atoms with Gasteiger partial charge in [0.2, 0.25) is 0 Å². The van der Waals surface area contributed by atoms with Gasteiger partial charge in [-0.15, -0.1) is 0 Å². The molecule has 2 N–H and O–H groups in total. The summed E-state index contributed by atoms with van der Waals surface area (Å²) in [6, 6.07) is 12.9. The quantitative estimate of drug-likeness (QED) is 0.583. The molecule has 6 heteroatoms. The van der Waals surface area contributed by atoms with Crippen LogP contribution >= 0.6 is 0 Å². The van der Waals surface area contributed by atoms with Crippen LogP contribution in [0.3, 0.4) is 0 Å². The van der Waals surface area contributed by atoms with Crippen molar-refractivity contribution in [1.29, 1.82) is 0 Å². The highest BCUT2D eigenvalue weighted by atomic mass is 15.3. The van der Waals surface area contributed by atoms with Gasteiger partial charge >= 0.3 is 0 Å². The monoisotopic (exact) mass is 394 g/mol. The molecule has 29 heavy (non-hydrogen) atoms. The molecule has 0 aliphatic carbocycles. The number of aliphatic imine (C=N–C) groups is 1. The van der Waals surface area contributed by atoms with Gasteiger partial charge in [-0.1, -0.05) is 42.8 Å². The van der Waals surface area contributed by atoms with Crippen LogP contribution in [-0.4, -0.2) is 62.7 Å². The van der Waals surface area contributed by atoms with E-state index >= 15 is 0 Å². The van der Waals surface area contributed by atoms with E-state index in [9.17, 15) is 0 Å². The molecule has 1 aromatic heterocycles. The van der Waals surface area contributed by atoms with E-state index in [1.54, 1.807) is 0 Å². The normalized spacial score (nSPS) is 16.6. The summed E-state index contributed by atoms with van der Waals surface area (Å²) in [5.41, 5.74) is 3.83. The van der Waals surface area contributed by atoms with Crippen molar-refractivity contribution < 1.29 is 0 Å². The summed E-state index contributed by atoms with van der Waals surface area (Å²) >= 11 is 0. The summed E-state index contributed by atoms with van der Waals surface area (Å²) in [4.78, 5) is 13.8. The number of rotatable bonds is 6. The third-order valence-electron chi connectivity index (χ3n) is 5.56. The fourth-order valence-electron chi connectivity index (χ4n) is 3.53. The number of aryl methyl sites for hydroxylation is 1. The number of likely N-dealkylation sites (N-methyl/N-ethyl adjacent to an activating group) is 1. The van der Waals surface area contributed by atoms with Crippen LogP contribution in [0.1, 0.15) is 29.5 Å². The zero-order valence-corrected chi connectivity index (χ0v) is 18.2. The van der Waals surface area contributed by atoms with Crippen molar-refractivity contribution in [3.8, 4) is 0 Å². The van der Waals surface area contributed by atoms with Crippen LogP contribution in [0.15, 0.2) is 47.6 Å². The number of benzene rings is 1. The molecule has 1 unspecified atom stereocenters. The lowest BCUT2D eigenvalue weighted by Crippen LogP contribution is -2.45. The van der Waals surface area contributed by atoms with E-state index in [4.69, 9.17) is 0 Å². The number of hydrogen-bond acceptors (Lipinski definition) is 4. The maximum atomic E-state index is 4.66. The van der Waals surface area contributed by atoms with E-state index in [0.29, 0.717) is 12.5 Å². The van der Waals surface area contributed by atoms with Crippen LogP contribution in [0.5, 0.6) is 0 Å². The highest BCUT2D eigenvalue weighted by Gasteiger charge is 2.18. The van der Waals surface area contributed by atoms with Gasteiger partial charge in [0.1, 0.15) is 5.82 Å². The molecule has 2 aromatic rings. The first-order valence-corrected chi connectivity index (χ1v) is 10.5. The van der Waals surface area contributed by atoms with Crippen molar-refractivity contribution in [2.75, 3.05) is 51.7 Å². The van der Waals surface area contributed by atoms with Gasteiger partial charge in [-0.05, 0) is 31.5 Å². The minimum absolute atomic E-state index is 0.411. The molecule has 6 nitrogen and oxygen atoms in total. The van der Waals surface area contributed by atoms with E-state index in [0.717, 1.165) is 44.5 Å². The van der Waals surface area contributed by atoms with E-state index in [-0.39, 0.29) is 0 Å². The van der Waals surface area contributed by atoms with Crippen molar-refractivity contribution in [2.45, 2.75) is 26.3 Å². The minimum Gasteiger partial charge on any atom is -0.356 e. The van der Waals surface area contributed by atoms with Gasteiger partial charge in [-0.2, -0.15) is 0 Å². The molecule has 1 saturated heterocycles. The summed E-state index contributed by atoms with van der Waals surface area (Å²) in [5, 5.41) is 6.91. The molecule has 1 aromatic carbocycles. The molecule has 0 spiro atoms. The Hall–Kier alpha value is -2.60. The predicted molar refractivity (Wildman–Crippen MR) is 122 cm³/mol. The Morgan fingerprint density at radius 2 is 1.83 bits per heavy atom. The Bertz CT molecular complexity index is 793. The van der Waals surface area contributed by atoms with Crippen LogP contribution in [-0.2, 0) is 6.54 Å². The summed E-state index contributed by atoms with van der Waals surface area (Å²) in [6.45, 7) is 10.1. The van der Waals surface area contributed by atoms with E-state index in [1.807, 2.05) is 19.3 Å². The lowest BCUT2D eigenvalue weighted by atomic mass is 10.0. The summed E-state index contributed by atoms with van der Waals surface area (Å²) in [6.07, 6.45) is 1.88. The topological polar surface area (TPSA) is 55.8 Å². The van der Waals surface area contributed by atoms with Crippen molar-refractivity contribution in [1.82, 2.24) is 20.5 Å². The number of anilines is 1. The molecular weight excluding hydrogens is 360 g/mol. The average molecular weight is 395 g/mol. The van der Waals surface area contributed by atoms with Gasteiger partial charge in [0, 0.05) is 58.1 Å². The lowest BCUT2D eigenvalue weighted by molar-refractivity contribution is 0.312. The van der Waals surface area contributed by atoms with Gasteiger partial charge in [0.05, 0.1) is 0 Å². The standard InChI is InChI=1S/C23H34N6/c1-18-7-9-20(10-8-18)19(2)16-26-23(24-3)27-17-21-6-5-11-25-22(21)29-14-12-28(4)13-15-29/h5-11,19H,12-17H2,1-4H3,(H2,24,26,27). The molecule has 1 atom stereocenters. The highest BCUT2D eigenvalue weighted by Crippen LogP contribution is 2.19. The molecule has 3 rings (SSSR count). The Kier molecular flexibility index (Phi) is 7.47. The number of nitrogens with zero attached hydrogens (tertiary/aromatic N) is 4. The highest BCUT2D eigenvalue weighted by molar-refractivity contribution is 5.79. The van der Waals surface area contributed by atoms with E-state index < -0.39 is 0 Å². The SMILES string of the molecule is CN=C(NCc1cccnc1N1CCN(C)CC1)NCC(C)c1ccc(C)cc1. The maximum Gasteiger partial charge on any atom is 0.191 e. The fourth-order valence-corrected chi connectivity index (χ4v) is 3.53. The van der Waals surface area contributed by atoms with Crippen molar-refractivity contribution >= 4 is 11.8 Å². The van der Waals surface area contributed by atoms with Gasteiger partial charge in [0.25, 0.3) is 0 Å². The summed E-state index contributed by atoms with van der Waals surface area (Å²) in [5.74, 6) is 2.31. The van der Waals surface area contributed by atoms with Crippen LogP contribution in [0.4, 0.5) is 5.82 Å². The zero-order chi connectivity index (χ0) is 20.6. The second-order valence-corrected chi connectivity index (χ2v) is 7.89. The van der Waals surface area contributed by atoms with Crippen molar-refractivity contribution in [3.05, 3.63) is 59.3 Å². The second-order valence-electron chi connectivity index (χ2n) is 7.89. The number of aromatic nitrogens is 1. The Morgan fingerprint density at radius 3 is 2.52 bits per heavy atom. The smallest absolute Gasteiger partial charge is 0.191 e. The van der Waals surface area contributed by atoms with Crippen LogP contribution in [0.25, 0.3) is 0 Å². The minimum atomic E-state index is 0.411. The van der Waals surface area contributed by atoms with Gasteiger partial charge in [-0.25, -0.2) is 4.98 Å². The average Bonchev–Trinajstić information content (AvgIpc) is 2.75. The Balaban J connectivity index is 1.55.